The van der Waals surface area contributed by atoms with Crippen LogP contribution in [0.3, 0.4) is 0 Å². The molecule has 2 aromatic carbocycles. The second kappa shape index (κ2) is 4.29. The Morgan fingerprint density at radius 3 is 2.89 bits per heavy atom. The number of hydrogen-bond donors (Lipinski definition) is 1. The average molecular weight is 262 g/mol. The summed E-state index contributed by atoms with van der Waals surface area (Å²) in [6, 6.07) is 9.33. The number of rotatable bonds is 1. The van der Waals surface area contributed by atoms with Crippen LogP contribution in [0.1, 0.15) is 11.1 Å². The zero-order valence-corrected chi connectivity index (χ0v) is 10.8. The van der Waals surface area contributed by atoms with E-state index in [2.05, 4.69) is 11.4 Å². The molecule has 0 spiro atoms. The van der Waals surface area contributed by atoms with Crippen molar-refractivity contribution in [3.63, 3.8) is 0 Å². The number of anilines is 1. The summed E-state index contributed by atoms with van der Waals surface area (Å²) in [5.41, 5.74) is 5.07. The molecule has 2 aromatic rings. The third-order valence-corrected chi connectivity index (χ3v) is 3.72. The van der Waals surface area contributed by atoms with Crippen molar-refractivity contribution in [1.82, 2.24) is 0 Å². The third-order valence-electron chi connectivity index (χ3n) is 3.40. The quantitative estimate of drug-likeness (QED) is 0.801. The highest BCUT2D eigenvalue weighted by Crippen LogP contribution is 2.37. The van der Waals surface area contributed by atoms with Gasteiger partial charge in [-0.3, -0.25) is 0 Å². The van der Waals surface area contributed by atoms with Gasteiger partial charge in [0.2, 0.25) is 0 Å². The number of benzene rings is 2. The Morgan fingerprint density at radius 1 is 1.22 bits per heavy atom. The highest BCUT2D eigenvalue weighted by Gasteiger charge is 2.17. The molecule has 0 saturated heterocycles. The first kappa shape index (κ1) is 11.5. The number of hydrogen-bond acceptors (Lipinski definition) is 1. The van der Waals surface area contributed by atoms with Gasteiger partial charge in [0.1, 0.15) is 5.82 Å². The fourth-order valence-electron chi connectivity index (χ4n) is 2.46. The van der Waals surface area contributed by atoms with Gasteiger partial charge >= 0.3 is 0 Å². The Hall–Kier alpha value is -1.54. The van der Waals surface area contributed by atoms with E-state index in [1.165, 1.54) is 11.6 Å². The standard InChI is InChI=1S/C15H13ClFN/c1-9-7-12(13(16)8-14(9)17)10-3-2-4-15-11(10)5-6-18-15/h2-4,7-8,18H,5-6H2,1H3. The van der Waals surface area contributed by atoms with Crippen LogP contribution in [0.25, 0.3) is 11.1 Å². The Kier molecular flexibility index (Phi) is 2.75. The monoisotopic (exact) mass is 261 g/mol. The molecule has 1 N–H and O–H groups in total. The molecule has 0 amide bonds. The van der Waals surface area contributed by atoms with E-state index in [1.54, 1.807) is 6.92 Å². The van der Waals surface area contributed by atoms with Crippen molar-refractivity contribution in [3.8, 4) is 11.1 Å². The van der Waals surface area contributed by atoms with Crippen LogP contribution in [-0.4, -0.2) is 6.54 Å². The number of fused-ring (bicyclic) bond motifs is 1. The number of halogens is 2. The summed E-state index contributed by atoms with van der Waals surface area (Å²) in [4.78, 5) is 0. The minimum Gasteiger partial charge on any atom is -0.384 e. The lowest BCUT2D eigenvalue weighted by molar-refractivity contribution is 0.619. The van der Waals surface area contributed by atoms with E-state index >= 15 is 0 Å². The molecule has 1 aliphatic heterocycles. The second-order valence-electron chi connectivity index (χ2n) is 4.59. The lowest BCUT2D eigenvalue weighted by Gasteiger charge is -2.11. The van der Waals surface area contributed by atoms with E-state index in [4.69, 9.17) is 11.6 Å². The van der Waals surface area contributed by atoms with Gasteiger partial charge in [-0.15, -0.1) is 0 Å². The molecule has 3 heteroatoms. The van der Waals surface area contributed by atoms with Crippen molar-refractivity contribution in [2.45, 2.75) is 13.3 Å². The van der Waals surface area contributed by atoms with E-state index in [1.807, 2.05) is 18.2 Å². The predicted molar refractivity (Wildman–Crippen MR) is 73.8 cm³/mol. The van der Waals surface area contributed by atoms with Crippen molar-refractivity contribution in [1.29, 1.82) is 0 Å². The SMILES string of the molecule is Cc1cc(-c2cccc3c2CCN3)c(Cl)cc1F. The van der Waals surface area contributed by atoms with Crippen molar-refractivity contribution < 1.29 is 4.39 Å². The Balaban J connectivity index is 2.22. The van der Waals surface area contributed by atoms with E-state index < -0.39 is 0 Å². The Morgan fingerprint density at radius 2 is 2.06 bits per heavy atom. The van der Waals surface area contributed by atoms with E-state index in [0.717, 1.165) is 29.8 Å². The summed E-state index contributed by atoms with van der Waals surface area (Å²) in [5, 5.41) is 3.81. The average Bonchev–Trinajstić information content (AvgIpc) is 2.82. The molecule has 1 heterocycles. The maximum Gasteiger partial charge on any atom is 0.127 e. The van der Waals surface area contributed by atoms with Gasteiger partial charge in [0.05, 0.1) is 5.02 Å². The first-order valence-corrected chi connectivity index (χ1v) is 6.36. The zero-order chi connectivity index (χ0) is 12.7. The Bertz CT molecular complexity index is 622. The maximum atomic E-state index is 13.5. The lowest BCUT2D eigenvalue weighted by Crippen LogP contribution is -1.91. The van der Waals surface area contributed by atoms with Crippen molar-refractivity contribution in [2.24, 2.45) is 0 Å². The molecular weight excluding hydrogens is 249 g/mol. The van der Waals surface area contributed by atoms with Gasteiger partial charge in [0, 0.05) is 17.8 Å². The van der Waals surface area contributed by atoms with Crippen molar-refractivity contribution in [3.05, 3.63) is 52.3 Å². The molecule has 0 atom stereocenters. The van der Waals surface area contributed by atoms with Crippen LogP contribution in [0.15, 0.2) is 30.3 Å². The largest absolute Gasteiger partial charge is 0.384 e. The fourth-order valence-corrected chi connectivity index (χ4v) is 2.71. The molecule has 1 nitrogen and oxygen atoms in total. The molecule has 1 aliphatic rings. The van der Waals surface area contributed by atoms with Crippen LogP contribution in [0, 0.1) is 12.7 Å². The minimum absolute atomic E-state index is 0.255. The Labute approximate surface area is 111 Å². The van der Waals surface area contributed by atoms with Crippen LogP contribution >= 0.6 is 11.6 Å². The van der Waals surface area contributed by atoms with Gasteiger partial charge in [0.25, 0.3) is 0 Å². The molecule has 0 aromatic heterocycles. The smallest absolute Gasteiger partial charge is 0.127 e. The topological polar surface area (TPSA) is 12.0 Å². The molecule has 0 unspecified atom stereocenters. The maximum absolute atomic E-state index is 13.5. The van der Waals surface area contributed by atoms with Gasteiger partial charge in [-0.05, 0) is 48.2 Å². The highest BCUT2D eigenvalue weighted by atomic mass is 35.5. The summed E-state index contributed by atoms with van der Waals surface area (Å²) in [6.07, 6.45) is 0.984. The lowest BCUT2D eigenvalue weighted by atomic mass is 9.96. The van der Waals surface area contributed by atoms with Crippen LogP contribution in [0.4, 0.5) is 10.1 Å². The number of nitrogens with one attached hydrogen (secondary N) is 1. The fraction of sp³-hybridized carbons (Fsp3) is 0.200. The van der Waals surface area contributed by atoms with Crippen LogP contribution < -0.4 is 5.32 Å². The van der Waals surface area contributed by atoms with Gasteiger partial charge in [-0.1, -0.05) is 23.7 Å². The van der Waals surface area contributed by atoms with Crippen molar-refractivity contribution >= 4 is 17.3 Å². The molecule has 0 radical (unpaired) electrons. The molecule has 0 saturated carbocycles. The van der Waals surface area contributed by atoms with Gasteiger partial charge < -0.3 is 5.32 Å². The minimum atomic E-state index is -0.255. The van der Waals surface area contributed by atoms with E-state index in [0.29, 0.717) is 10.6 Å². The van der Waals surface area contributed by atoms with Gasteiger partial charge in [0.15, 0.2) is 0 Å². The zero-order valence-electron chi connectivity index (χ0n) is 10.1. The van der Waals surface area contributed by atoms with Gasteiger partial charge in [-0.2, -0.15) is 0 Å². The normalized spacial score (nSPS) is 13.3. The first-order chi connectivity index (χ1) is 8.66. The predicted octanol–water partition coefficient (Wildman–Crippen LogP) is 4.42. The van der Waals surface area contributed by atoms with Crippen LogP contribution in [0.2, 0.25) is 5.02 Å². The molecule has 92 valence electrons. The van der Waals surface area contributed by atoms with E-state index in [-0.39, 0.29) is 5.82 Å². The molecular formula is C15H13ClFN. The molecule has 0 bridgehead atoms. The first-order valence-electron chi connectivity index (χ1n) is 5.98. The summed E-state index contributed by atoms with van der Waals surface area (Å²) in [6.45, 7) is 2.71. The summed E-state index contributed by atoms with van der Waals surface area (Å²) in [5.74, 6) is -0.255. The number of aryl methyl sites for hydroxylation is 1. The summed E-state index contributed by atoms with van der Waals surface area (Å²) < 4.78 is 13.5. The summed E-state index contributed by atoms with van der Waals surface area (Å²) >= 11 is 6.18. The second-order valence-corrected chi connectivity index (χ2v) is 5.00. The molecule has 18 heavy (non-hydrogen) atoms. The van der Waals surface area contributed by atoms with Gasteiger partial charge in [-0.25, -0.2) is 4.39 Å². The third kappa shape index (κ3) is 1.77. The molecule has 3 rings (SSSR count). The molecule has 0 aliphatic carbocycles. The summed E-state index contributed by atoms with van der Waals surface area (Å²) in [7, 11) is 0. The molecule has 0 fully saturated rings. The van der Waals surface area contributed by atoms with E-state index in [9.17, 15) is 4.39 Å². The van der Waals surface area contributed by atoms with Crippen molar-refractivity contribution in [2.75, 3.05) is 11.9 Å². The highest BCUT2D eigenvalue weighted by molar-refractivity contribution is 6.33. The van der Waals surface area contributed by atoms with Crippen LogP contribution in [-0.2, 0) is 6.42 Å². The van der Waals surface area contributed by atoms with Crippen LogP contribution in [0.5, 0.6) is 0 Å².